The first-order chi connectivity index (χ1) is 7.83. The van der Waals surface area contributed by atoms with Gasteiger partial charge in [-0.15, -0.1) is 0 Å². The van der Waals surface area contributed by atoms with Crippen LogP contribution < -0.4 is 5.32 Å². The van der Waals surface area contributed by atoms with Crippen molar-refractivity contribution in [3.05, 3.63) is 22.8 Å². The van der Waals surface area contributed by atoms with Crippen molar-refractivity contribution in [2.24, 2.45) is 17.8 Å². The van der Waals surface area contributed by atoms with Crippen molar-refractivity contribution in [1.82, 2.24) is 4.98 Å². The molecule has 2 aliphatic rings. The molecular weight excluding hydrogens is 264 g/mol. The lowest BCUT2D eigenvalue weighted by Crippen LogP contribution is -2.18. The summed E-state index contributed by atoms with van der Waals surface area (Å²) in [7, 11) is 0. The third kappa shape index (κ3) is 2.57. The van der Waals surface area contributed by atoms with E-state index in [1.807, 2.05) is 18.3 Å². The predicted octanol–water partition coefficient (Wildman–Crippen LogP) is 3.69. The molecule has 2 aliphatic carbocycles. The second-order valence-electron chi connectivity index (χ2n) is 5.08. The van der Waals surface area contributed by atoms with E-state index in [1.165, 1.54) is 25.7 Å². The van der Waals surface area contributed by atoms with E-state index >= 15 is 0 Å². The van der Waals surface area contributed by atoms with Gasteiger partial charge in [-0.05, 0) is 71.5 Å². The second kappa shape index (κ2) is 4.36. The van der Waals surface area contributed by atoms with Crippen LogP contribution in [0.1, 0.15) is 25.7 Å². The van der Waals surface area contributed by atoms with E-state index in [2.05, 4.69) is 26.2 Å². The summed E-state index contributed by atoms with van der Waals surface area (Å²) in [5.41, 5.74) is 0. The Kier molecular flexibility index (Phi) is 2.88. The van der Waals surface area contributed by atoms with Crippen molar-refractivity contribution in [2.75, 3.05) is 11.9 Å². The van der Waals surface area contributed by atoms with Crippen LogP contribution in [0, 0.1) is 17.8 Å². The Labute approximate surface area is 105 Å². The average Bonchev–Trinajstić information content (AvgIpc) is 3.15. The molecule has 2 fully saturated rings. The molecule has 1 N–H and O–H groups in total. The largest absolute Gasteiger partial charge is 0.370 e. The fourth-order valence-corrected chi connectivity index (χ4v) is 2.70. The van der Waals surface area contributed by atoms with Crippen molar-refractivity contribution in [1.29, 1.82) is 0 Å². The van der Waals surface area contributed by atoms with Crippen LogP contribution in [0.5, 0.6) is 0 Å². The molecule has 2 saturated carbocycles. The lowest BCUT2D eigenvalue weighted by Gasteiger charge is -2.16. The van der Waals surface area contributed by atoms with Crippen LogP contribution in [0.4, 0.5) is 5.82 Å². The molecule has 3 heteroatoms. The van der Waals surface area contributed by atoms with Crippen molar-refractivity contribution in [2.45, 2.75) is 25.7 Å². The maximum Gasteiger partial charge on any atom is 0.125 e. The van der Waals surface area contributed by atoms with Crippen molar-refractivity contribution >= 4 is 21.7 Å². The molecule has 1 heterocycles. The lowest BCUT2D eigenvalue weighted by molar-refractivity contribution is 0.427. The molecule has 0 bridgehead atoms. The molecule has 0 atom stereocenters. The maximum atomic E-state index is 4.35. The highest BCUT2D eigenvalue weighted by Gasteiger charge is 2.40. The monoisotopic (exact) mass is 280 g/mol. The second-order valence-corrected chi connectivity index (χ2v) is 6.00. The molecule has 1 aromatic rings. The molecule has 0 amide bonds. The van der Waals surface area contributed by atoms with E-state index in [-0.39, 0.29) is 0 Å². The number of aromatic nitrogens is 1. The van der Waals surface area contributed by atoms with Gasteiger partial charge in [0, 0.05) is 17.2 Å². The Morgan fingerprint density at radius 1 is 1.25 bits per heavy atom. The molecule has 2 nitrogen and oxygen atoms in total. The number of hydrogen-bond donors (Lipinski definition) is 1. The van der Waals surface area contributed by atoms with Gasteiger partial charge in [-0.3, -0.25) is 0 Å². The first-order valence-electron chi connectivity index (χ1n) is 6.18. The first-order valence-corrected chi connectivity index (χ1v) is 6.97. The fraction of sp³-hybridized carbons (Fsp3) is 0.615. The van der Waals surface area contributed by atoms with E-state index < -0.39 is 0 Å². The molecule has 0 radical (unpaired) electrons. The highest BCUT2D eigenvalue weighted by molar-refractivity contribution is 9.10. The number of pyridine rings is 1. The molecule has 0 saturated heterocycles. The number of anilines is 1. The minimum absolute atomic E-state index is 0.908. The van der Waals surface area contributed by atoms with Gasteiger partial charge in [-0.2, -0.15) is 0 Å². The molecule has 86 valence electrons. The summed E-state index contributed by atoms with van der Waals surface area (Å²) in [6.45, 7) is 1.12. The summed E-state index contributed by atoms with van der Waals surface area (Å²) in [6.07, 6.45) is 7.67. The molecular formula is C13H17BrN2. The van der Waals surface area contributed by atoms with Gasteiger partial charge in [0.1, 0.15) is 5.82 Å². The van der Waals surface area contributed by atoms with Gasteiger partial charge in [-0.1, -0.05) is 0 Å². The topological polar surface area (TPSA) is 24.9 Å². The number of nitrogens with one attached hydrogen (secondary N) is 1. The quantitative estimate of drug-likeness (QED) is 0.890. The Balaban J connectivity index is 1.56. The van der Waals surface area contributed by atoms with Gasteiger partial charge in [0.15, 0.2) is 0 Å². The average molecular weight is 281 g/mol. The van der Waals surface area contributed by atoms with Gasteiger partial charge in [-0.25, -0.2) is 4.98 Å². The minimum atomic E-state index is 0.908. The minimum Gasteiger partial charge on any atom is -0.370 e. The molecule has 3 rings (SSSR count). The van der Waals surface area contributed by atoms with Gasteiger partial charge in [0.05, 0.1) is 0 Å². The highest BCUT2D eigenvalue weighted by Crippen LogP contribution is 2.49. The van der Waals surface area contributed by atoms with Crippen LogP contribution in [0.2, 0.25) is 0 Å². The summed E-state index contributed by atoms with van der Waals surface area (Å²) in [4.78, 5) is 4.35. The number of nitrogens with zero attached hydrogens (tertiary/aromatic N) is 1. The smallest absolute Gasteiger partial charge is 0.125 e. The molecule has 0 spiro atoms. The molecule has 0 aromatic carbocycles. The lowest BCUT2D eigenvalue weighted by atomic mass is 9.98. The zero-order chi connectivity index (χ0) is 11.0. The van der Waals surface area contributed by atoms with Crippen molar-refractivity contribution in [3.63, 3.8) is 0 Å². The van der Waals surface area contributed by atoms with Crippen LogP contribution in [0.25, 0.3) is 0 Å². The van der Waals surface area contributed by atoms with E-state index in [0.29, 0.717) is 0 Å². The fourth-order valence-electron chi connectivity index (χ4n) is 2.47. The Bertz CT molecular complexity index is 343. The zero-order valence-corrected chi connectivity index (χ0v) is 10.9. The normalized spacial score (nSPS) is 20.1. The van der Waals surface area contributed by atoms with Crippen LogP contribution in [0.3, 0.4) is 0 Å². The summed E-state index contributed by atoms with van der Waals surface area (Å²) in [6, 6.07) is 4.08. The van der Waals surface area contributed by atoms with Crippen LogP contribution >= 0.6 is 15.9 Å². The van der Waals surface area contributed by atoms with E-state index in [4.69, 9.17) is 0 Å². The van der Waals surface area contributed by atoms with Crippen molar-refractivity contribution < 1.29 is 0 Å². The Hall–Kier alpha value is -0.570. The maximum absolute atomic E-state index is 4.35. The Morgan fingerprint density at radius 2 is 1.94 bits per heavy atom. The number of hydrogen-bond acceptors (Lipinski definition) is 2. The molecule has 16 heavy (non-hydrogen) atoms. The third-order valence-electron chi connectivity index (χ3n) is 3.70. The number of halogens is 1. The van der Waals surface area contributed by atoms with Gasteiger partial charge < -0.3 is 5.32 Å². The Morgan fingerprint density at radius 3 is 2.44 bits per heavy atom. The highest BCUT2D eigenvalue weighted by atomic mass is 79.9. The predicted molar refractivity (Wildman–Crippen MR) is 69.4 cm³/mol. The summed E-state index contributed by atoms with van der Waals surface area (Å²) in [5, 5.41) is 3.48. The molecule has 1 aromatic heterocycles. The third-order valence-corrected chi connectivity index (χ3v) is 4.17. The number of rotatable bonds is 5. The van der Waals surface area contributed by atoms with Crippen molar-refractivity contribution in [3.8, 4) is 0 Å². The standard InChI is InChI=1S/C13H17BrN2/c14-11-5-6-13(15-7-11)16-8-12(9-1-2-9)10-3-4-10/h5-7,9-10,12H,1-4,8H2,(H,15,16). The summed E-state index contributed by atoms with van der Waals surface area (Å²) >= 11 is 3.40. The van der Waals surface area contributed by atoms with Gasteiger partial charge >= 0.3 is 0 Å². The SMILES string of the molecule is Brc1ccc(NCC(C2CC2)C2CC2)nc1. The summed E-state index contributed by atoms with van der Waals surface area (Å²) in [5.74, 6) is 3.94. The van der Waals surface area contributed by atoms with E-state index in [0.717, 1.165) is 34.6 Å². The van der Waals surface area contributed by atoms with Crippen LogP contribution in [0.15, 0.2) is 22.8 Å². The van der Waals surface area contributed by atoms with E-state index in [9.17, 15) is 0 Å². The zero-order valence-electron chi connectivity index (χ0n) is 9.32. The summed E-state index contributed by atoms with van der Waals surface area (Å²) < 4.78 is 1.04. The van der Waals surface area contributed by atoms with Gasteiger partial charge in [0.2, 0.25) is 0 Å². The van der Waals surface area contributed by atoms with E-state index in [1.54, 1.807) is 0 Å². The molecule has 0 aliphatic heterocycles. The van der Waals surface area contributed by atoms with Crippen LogP contribution in [-0.4, -0.2) is 11.5 Å². The van der Waals surface area contributed by atoms with Crippen LogP contribution in [-0.2, 0) is 0 Å². The molecule has 0 unspecified atom stereocenters. The van der Waals surface area contributed by atoms with Gasteiger partial charge in [0.25, 0.3) is 0 Å². The first kappa shape index (κ1) is 10.6.